The third-order valence-corrected chi connectivity index (χ3v) is 6.99. The molecule has 0 spiro atoms. The van der Waals surface area contributed by atoms with Gasteiger partial charge in [0.2, 0.25) is 0 Å². The van der Waals surface area contributed by atoms with Crippen LogP contribution in [0.25, 0.3) is 0 Å². The maximum Gasteiger partial charge on any atom is 0.179 e. The fourth-order valence-corrected chi connectivity index (χ4v) is 5.82. The van der Waals surface area contributed by atoms with Crippen LogP contribution >= 0.6 is 27.5 Å². The van der Waals surface area contributed by atoms with Gasteiger partial charge in [-0.25, -0.2) is 8.42 Å². The van der Waals surface area contributed by atoms with Crippen LogP contribution in [-0.2, 0) is 9.84 Å². The number of benzene rings is 1. The smallest absolute Gasteiger partial charge is 0.179 e. The number of hydrogen-bond donors (Lipinski definition) is 0. The minimum Gasteiger partial charge on any atom is -0.224 e. The van der Waals surface area contributed by atoms with Gasteiger partial charge < -0.3 is 0 Å². The molecule has 0 radical (unpaired) electrons. The molecule has 1 aliphatic carbocycles. The monoisotopic (exact) mass is 350 g/mol. The van der Waals surface area contributed by atoms with E-state index in [-0.39, 0.29) is 11.2 Å². The topological polar surface area (TPSA) is 34.1 Å². The van der Waals surface area contributed by atoms with Crippen LogP contribution in [0.1, 0.15) is 25.7 Å². The number of rotatable bonds is 4. The van der Waals surface area contributed by atoms with E-state index in [1.165, 1.54) is 6.07 Å². The Kier molecular flexibility index (Phi) is 4.40. The standard InChI is InChI=1S/C13H16BrClO2S/c14-9-13(6-1-2-7-13)10-18(16,17)12-5-3-4-11(15)8-12/h3-5,8H,1-2,6-7,9-10H2. The molecule has 1 aromatic rings. The van der Waals surface area contributed by atoms with Crippen molar-refractivity contribution >= 4 is 37.4 Å². The van der Waals surface area contributed by atoms with E-state index in [1.54, 1.807) is 18.2 Å². The average molecular weight is 352 g/mol. The Balaban J connectivity index is 2.27. The van der Waals surface area contributed by atoms with Crippen molar-refractivity contribution in [2.45, 2.75) is 30.6 Å². The van der Waals surface area contributed by atoms with E-state index < -0.39 is 9.84 Å². The molecule has 0 aromatic heterocycles. The van der Waals surface area contributed by atoms with Crippen LogP contribution in [0.4, 0.5) is 0 Å². The lowest BCUT2D eigenvalue weighted by atomic mass is 9.92. The molecule has 0 N–H and O–H groups in total. The van der Waals surface area contributed by atoms with E-state index >= 15 is 0 Å². The average Bonchev–Trinajstić information content (AvgIpc) is 2.77. The lowest BCUT2D eigenvalue weighted by Gasteiger charge is -2.26. The first-order chi connectivity index (χ1) is 8.47. The van der Waals surface area contributed by atoms with Crippen LogP contribution < -0.4 is 0 Å². The summed E-state index contributed by atoms with van der Waals surface area (Å²) in [6, 6.07) is 6.53. The Hall–Kier alpha value is -0.0600. The molecule has 1 saturated carbocycles. The second kappa shape index (κ2) is 5.51. The van der Waals surface area contributed by atoms with Gasteiger partial charge in [0.25, 0.3) is 0 Å². The highest BCUT2D eigenvalue weighted by Crippen LogP contribution is 2.41. The summed E-state index contributed by atoms with van der Waals surface area (Å²) in [6.07, 6.45) is 4.21. The van der Waals surface area contributed by atoms with Crippen molar-refractivity contribution in [2.24, 2.45) is 5.41 Å². The van der Waals surface area contributed by atoms with Crippen LogP contribution in [-0.4, -0.2) is 19.5 Å². The molecule has 0 unspecified atom stereocenters. The molecular formula is C13H16BrClO2S. The molecule has 0 bridgehead atoms. The van der Waals surface area contributed by atoms with E-state index in [2.05, 4.69) is 15.9 Å². The number of hydrogen-bond acceptors (Lipinski definition) is 2. The second-order valence-corrected chi connectivity index (χ2v) is 8.04. The first-order valence-electron chi connectivity index (χ1n) is 6.02. The Labute approximate surface area is 122 Å². The normalized spacial score (nSPS) is 19.0. The van der Waals surface area contributed by atoms with E-state index in [0.29, 0.717) is 9.92 Å². The van der Waals surface area contributed by atoms with Gasteiger partial charge in [-0.3, -0.25) is 0 Å². The molecule has 0 saturated heterocycles. The minimum atomic E-state index is -3.25. The molecule has 0 aliphatic heterocycles. The van der Waals surface area contributed by atoms with Gasteiger partial charge in [0.1, 0.15) is 0 Å². The zero-order chi connectivity index (χ0) is 13.2. The Morgan fingerprint density at radius 3 is 2.50 bits per heavy atom. The van der Waals surface area contributed by atoms with Crippen molar-refractivity contribution in [3.8, 4) is 0 Å². The van der Waals surface area contributed by atoms with Gasteiger partial charge in [-0.1, -0.05) is 46.4 Å². The highest BCUT2D eigenvalue weighted by molar-refractivity contribution is 9.09. The maximum absolute atomic E-state index is 12.4. The third-order valence-electron chi connectivity index (χ3n) is 3.60. The van der Waals surface area contributed by atoms with Crippen molar-refractivity contribution in [2.75, 3.05) is 11.1 Å². The first-order valence-corrected chi connectivity index (χ1v) is 9.17. The Morgan fingerprint density at radius 2 is 1.94 bits per heavy atom. The Morgan fingerprint density at radius 1 is 1.28 bits per heavy atom. The fourth-order valence-electron chi connectivity index (χ4n) is 2.59. The van der Waals surface area contributed by atoms with Crippen molar-refractivity contribution in [1.82, 2.24) is 0 Å². The molecule has 0 atom stereocenters. The van der Waals surface area contributed by atoms with E-state index in [1.807, 2.05) is 0 Å². The number of sulfone groups is 1. The summed E-state index contributed by atoms with van der Waals surface area (Å²) >= 11 is 9.34. The summed E-state index contributed by atoms with van der Waals surface area (Å²) < 4.78 is 24.8. The second-order valence-electron chi connectivity index (χ2n) is 5.06. The van der Waals surface area contributed by atoms with Crippen molar-refractivity contribution < 1.29 is 8.42 Å². The van der Waals surface area contributed by atoms with Gasteiger partial charge in [0.15, 0.2) is 9.84 Å². The van der Waals surface area contributed by atoms with Crippen molar-refractivity contribution in [1.29, 1.82) is 0 Å². The van der Waals surface area contributed by atoms with Crippen LogP contribution in [0, 0.1) is 5.41 Å². The van der Waals surface area contributed by atoms with E-state index in [4.69, 9.17) is 11.6 Å². The molecule has 1 aromatic carbocycles. The lowest BCUT2D eigenvalue weighted by Crippen LogP contribution is -2.29. The molecule has 1 aliphatic rings. The van der Waals surface area contributed by atoms with Crippen molar-refractivity contribution in [3.05, 3.63) is 29.3 Å². The predicted octanol–water partition coefficient (Wildman–Crippen LogP) is 4.07. The summed E-state index contributed by atoms with van der Waals surface area (Å²) in [7, 11) is -3.25. The molecule has 5 heteroatoms. The van der Waals surface area contributed by atoms with Gasteiger partial charge in [-0.15, -0.1) is 0 Å². The van der Waals surface area contributed by atoms with Crippen LogP contribution in [0.3, 0.4) is 0 Å². The number of alkyl halides is 1. The van der Waals surface area contributed by atoms with Gasteiger partial charge >= 0.3 is 0 Å². The van der Waals surface area contributed by atoms with Gasteiger partial charge in [-0.2, -0.15) is 0 Å². The van der Waals surface area contributed by atoms with Crippen LogP contribution in [0.5, 0.6) is 0 Å². The third kappa shape index (κ3) is 3.09. The zero-order valence-electron chi connectivity index (χ0n) is 10.0. The molecule has 1 fully saturated rings. The van der Waals surface area contributed by atoms with Crippen LogP contribution in [0.15, 0.2) is 29.2 Å². The highest BCUT2D eigenvalue weighted by Gasteiger charge is 2.37. The molecule has 2 nitrogen and oxygen atoms in total. The maximum atomic E-state index is 12.4. The summed E-state index contributed by atoms with van der Waals surface area (Å²) in [4.78, 5) is 0.335. The van der Waals surface area contributed by atoms with E-state index in [0.717, 1.165) is 31.0 Å². The summed E-state index contributed by atoms with van der Waals surface area (Å²) in [5, 5.41) is 1.22. The van der Waals surface area contributed by atoms with Gasteiger partial charge in [-0.05, 0) is 36.5 Å². The molecule has 2 rings (SSSR count). The zero-order valence-corrected chi connectivity index (χ0v) is 13.2. The van der Waals surface area contributed by atoms with Crippen LogP contribution in [0.2, 0.25) is 5.02 Å². The van der Waals surface area contributed by atoms with Crippen molar-refractivity contribution in [3.63, 3.8) is 0 Å². The quantitative estimate of drug-likeness (QED) is 0.766. The molecular weight excluding hydrogens is 336 g/mol. The van der Waals surface area contributed by atoms with Gasteiger partial charge in [0, 0.05) is 10.4 Å². The summed E-state index contributed by atoms with van der Waals surface area (Å²) in [5.74, 6) is 0.214. The SMILES string of the molecule is O=S(=O)(CC1(CBr)CCCC1)c1cccc(Cl)c1. The molecule has 0 heterocycles. The molecule has 0 amide bonds. The molecule has 18 heavy (non-hydrogen) atoms. The lowest BCUT2D eigenvalue weighted by molar-refractivity contribution is 0.394. The minimum absolute atomic E-state index is 0.0961. The summed E-state index contributed by atoms with van der Waals surface area (Å²) in [6.45, 7) is 0. The Bertz CT molecular complexity index is 522. The number of halogens is 2. The highest BCUT2D eigenvalue weighted by atomic mass is 79.9. The van der Waals surface area contributed by atoms with Gasteiger partial charge in [0.05, 0.1) is 10.6 Å². The fraction of sp³-hybridized carbons (Fsp3) is 0.538. The molecule has 100 valence electrons. The first kappa shape index (κ1) is 14.4. The van der Waals surface area contributed by atoms with E-state index in [9.17, 15) is 8.42 Å². The summed E-state index contributed by atoms with van der Waals surface area (Å²) in [5.41, 5.74) is -0.0961. The largest absolute Gasteiger partial charge is 0.224 e. The predicted molar refractivity (Wildman–Crippen MR) is 78.2 cm³/mol.